The third-order valence-electron chi connectivity index (χ3n) is 2.57. The Kier molecular flexibility index (Phi) is 2.32. The molecular weight excluding hydrogens is 160 g/mol. The summed E-state index contributed by atoms with van der Waals surface area (Å²) in [6, 6.07) is 0. The Bertz CT molecular complexity index is 143. The van der Waals surface area contributed by atoms with E-state index in [1.807, 2.05) is 0 Å². The molecule has 0 spiro atoms. The van der Waals surface area contributed by atoms with Crippen molar-refractivity contribution in [2.75, 3.05) is 27.4 Å². The van der Waals surface area contributed by atoms with Crippen molar-refractivity contribution in [2.45, 2.75) is 24.4 Å². The molecule has 0 radical (unpaired) electrons. The van der Waals surface area contributed by atoms with Gasteiger partial charge in [0.1, 0.15) is 24.4 Å². The van der Waals surface area contributed by atoms with Gasteiger partial charge >= 0.3 is 0 Å². The van der Waals surface area contributed by atoms with E-state index < -0.39 is 0 Å². The third kappa shape index (κ3) is 1.15. The SMILES string of the molecule is COC1COC2C(OC)COC12. The van der Waals surface area contributed by atoms with Crippen LogP contribution in [0, 0.1) is 0 Å². The summed E-state index contributed by atoms with van der Waals surface area (Å²) in [5.74, 6) is 0. The molecule has 2 aliphatic heterocycles. The van der Waals surface area contributed by atoms with Crippen LogP contribution in [0.25, 0.3) is 0 Å². The topological polar surface area (TPSA) is 36.9 Å². The Labute approximate surface area is 71.7 Å². The van der Waals surface area contributed by atoms with Crippen LogP contribution in [0.1, 0.15) is 0 Å². The number of methoxy groups -OCH3 is 2. The largest absolute Gasteiger partial charge is 0.376 e. The molecule has 0 bridgehead atoms. The van der Waals surface area contributed by atoms with Crippen molar-refractivity contribution < 1.29 is 18.9 Å². The highest BCUT2D eigenvalue weighted by molar-refractivity contribution is 4.95. The highest BCUT2D eigenvalue weighted by Gasteiger charge is 2.48. The fourth-order valence-corrected chi connectivity index (χ4v) is 1.83. The lowest BCUT2D eigenvalue weighted by Gasteiger charge is -2.14. The van der Waals surface area contributed by atoms with Gasteiger partial charge in [0.2, 0.25) is 0 Å². The second kappa shape index (κ2) is 3.30. The predicted molar refractivity (Wildman–Crippen MR) is 41.1 cm³/mol. The molecule has 12 heavy (non-hydrogen) atoms. The van der Waals surface area contributed by atoms with Gasteiger partial charge in [0.15, 0.2) is 0 Å². The van der Waals surface area contributed by atoms with Gasteiger partial charge in [0.05, 0.1) is 13.2 Å². The maximum Gasteiger partial charge on any atom is 0.115 e. The average Bonchev–Trinajstić information content (AvgIpc) is 2.62. The third-order valence-corrected chi connectivity index (χ3v) is 2.57. The summed E-state index contributed by atoms with van der Waals surface area (Å²) in [7, 11) is 3.36. The van der Waals surface area contributed by atoms with E-state index in [4.69, 9.17) is 18.9 Å². The Morgan fingerprint density at radius 1 is 0.917 bits per heavy atom. The van der Waals surface area contributed by atoms with E-state index in [0.717, 1.165) is 0 Å². The normalized spacial score (nSPS) is 46.5. The lowest BCUT2D eigenvalue weighted by molar-refractivity contribution is -0.0267. The summed E-state index contributed by atoms with van der Waals surface area (Å²) in [6.07, 6.45) is 0.296. The molecule has 0 aliphatic carbocycles. The maximum atomic E-state index is 5.51. The molecule has 2 rings (SSSR count). The molecule has 2 fully saturated rings. The molecule has 70 valence electrons. The molecular formula is C8H14O4. The summed E-state index contributed by atoms with van der Waals surface area (Å²) in [5.41, 5.74) is 0. The molecule has 0 aromatic carbocycles. The maximum absolute atomic E-state index is 5.51. The lowest BCUT2D eigenvalue weighted by atomic mass is 10.1. The summed E-state index contributed by atoms with van der Waals surface area (Å²) in [6.45, 7) is 1.23. The highest BCUT2D eigenvalue weighted by atomic mass is 16.6. The lowest BCUT2D eigenvalue weighted by Crippen LogP contribution is -2.32. The van der Waals surface area contributed by atoms with Gasteiger partial charge in [0.25, 0.3) is 0 Å². The van der Waals surface area contributed by atoms with Crippen LogP contribution in [0.3, 0.4) is 0 Å². The molecule has 4 nitrogen and oxygen atoms in total. The zero-order valence-corrected chi connectivity index (χ0v) is 7.36. The second-order valence-electron chi connectivity index (χ2n) is 3.14. The second-order valence-corrected chi connectivity index (χ2v) is 3.14. The van der Waals surface area contributed by atoms with Gasteiger partial charge < -0.3 is 18.9 Å². The fourth-order valence-electron chi connectivity index (χ4n) is 1.83. The minimum atomic E-state index is 0.0694. The van der Waals surface area contributed by atoms with E-state index in [1.54, 1.807) is 14.2 Å². The standard InChI is InChI=1S/C8H14O4/c1-9-5-3-11-8-6(10-2)4-12-7(5)8/h5-8H,3-4H2,1-2H3. The van der Waals surface area contributed by atoms with E-state index in [9.17, 15) is 0 Å². The number of rotatable bonds is 2. The predicted octanol–water partition coefficient (Wildman–Crippen LogP) is -0.186. The van der Waals surface area contributed by atoms with Crippen LogP contribution in [-0.2, 0) is 18.9 Å². The first kappa shape index (κ1) is 8.44. The summed E-state index contributed by atoms with van der Waals surface area (Å²) < 4.78 is 21.4. The molecule has 0 aromatic heterocycles. The Morgan fingerprint density at radius 3 is 1.67 bits per heavy atom. The Morgan fingerprint density at radius 2 is 1.33 bits per heavy atom. The van der Waals surface area contributed by atoms with E-state index in [0.29, 0.717) is 13.2 Å². The molecule has 0 amide bonds. The molecule has 4 unspecified atom stereocenters. The van der Waals surface area contributed by atoms with Crippen LogP contribution >= 0.6 is 0 Å². The molecule has 0 saturated carbocycles. The van der Waals surface area contributed by atoms with Crippen molar-refractivity contribution in [1.82, 2.24) is 0 Å². The fraction of sp³-hybridized carbons (Fsp3) is 1.00. The number of hydrogen-bond donors (Lipinski definition) is 0. The van der Waals surface area contributed by atoms with Gasteiger partial charge in [-0.25, -0.2) is 0 Å². The van der Waals surface area contributed by atoms with Crippen molar-refractivity contribution >= 4 is 0 Å². The summed E-state index contributed by atoms with van der Waals surface area (Å²) in [5, 5.41) is 0. The van der Waals surface area contributed by atoms with Gasteiger partial charge in [-0.15, -0.1) is 0 Å². The molecule has 2 saturated heterocycles. The zero-order valence-electron chi connectivity index (χ0n) is 7.36. The molecule has 4 atom stereocenters. The number of hydrogen-bond acceptors (Lipinski definition) is 4. The van der Waals surface area contributed by atoms with Gasteiger partial charge in [0, 0.05) is 14.2 Å². The minimum absolute atomic E-state index is 0.0694. The van der Waals surface area contributed by atoms with Gasteiger partial charge in [-0.05, 0) is 0 Å². The quantitative estimate of drug-likeness (QED) is 0.581. The van der Waals surface area contributed by atoms with E-state index in [2.05, 4.69) is 0 Å². The first-order valence-corrected chi connectivity index (χ1v) is 4.15. The van der Waals surface area contributed by atoms with Crippen LogP contribution in [0.2, 0.25) is 0 Å². The number of fused-ring (bicyclic) bond motifs is 1. The van der Waals surface area contributed by atoms with Crippen molar-refractivity contribution in [3.8, 4) is 0 Å². The van der Waals surface area contributed by atoms with Gasteiger partial charge in [-0.2, -0.15) is 0 Å². The number of ether oxygens (including phenoxy) is 4. The van der Waals surface area contributed by atoms with Crippen molar-refractivity contribution in [1.29, 1.82) is 0 Å². The van der Waals surface area contributed by atoms with Crippen LogP contribution in [0.4, 0.5) is 0 Å². The van der Waals surface area contributed by atoms with Crippen LogP contribution in [0.15, 0.2) is 0 Å². The zero-order chi connectivity index (χ0) is 8.55. The monoisotopic (exact) mass is 174 g/mol. The van der Waals surface area contributed by atoms with E-state index in [1.165, 1.54) is 0 Å². The minimum Gasteiger partial charge on any atom is -0.376 e. The summed E-state index contributed by atoms with van der Waals surface area (Å²) in [4.78, 5) is 0. The average molecular weight is 174 g/mol. The van der Waals surface area contributed by atoms with Gasteiger partial charge in [-0.3, -0.25) is 0 Å². The van der Waals surface area contributed by atoms with Gasteiger partial charge in [-0.1, -0.05) is 0 Å². The van der Waals surface area contributed by atoms with E-state index in [-0.39, 0.29) is 24.4 Å². The molecule has 4 heteroatoms. The Hall–Kier alpha value is -0.160. The van der Waals surface area contributed by atoms with Crippen molar-refractivity contribution in [3.63, 3.8) is 0 Å². The molecule has 0 N–H and O–H groups in total. The van der Waals surface area contributed by atoms with E-state index >= 15 is 0 Å². The molecule has 0 aromatic rings. The van der Waals surface area contributed by atoms with Crippen LogP contribution in [0.5, 0.6) is 0 Å². The Balaban J connectivity index is 2.01. The van der Waals surface area contributed by atoms with Crippen LogP contribution < -0.4 is 0 Å². The summed E-state index contributed by atoms with van der Waals surface area (Å²) >= 11 is 0. The highest BCUT2D eigenvalue weighted by Crippen LogP contribution is 2.29. The smallest absolute Gasteiger partial charge is 0.115 e. The first-order chi connectivity index (χ1) is 5.86. The van der Waals surface area contributed by atoms with Crippen LogP contribution in [-0.4, -0.2) is 51.8 Å². The first-order valence-electron chi connectivity index (χ1n) is 4.15. The molecule has 2 aliphatic rings. The van der Waals surface area contributed by atoms with Crippen molar-refractivity contribution in [2.24, 2.45) is 0 Å². The van der Waals surface area contributed by atoms with Crippen molar-refractivity contribution in [3.05, 3.63) is 0 Å². The molecule has 2 heterocycles.